The first-order valence-corrected chi connectivity index (χ1v) is 7.55. The Balaban J connectivity index is 1.61. The zero-order chi connectivity index (χ0) is 16.2. The molecule has 0 saturated carbocycles. The van der Waals surface area contributed by atoms with Gasteiger partial charge in [0.25, 0.3) is 0 Å². The Morgan fingerprint density at radius 2 is 2.13 bits per heavy atom. The number of fused-ring (bicyclic) bond motifs is 1. The zero-order valence-electron chi connectivity index (χ0n) is 13.0. The van der Waals surface area contributed by atoms with Crippen molar-refractivity contribution in [1.29, 1.82) is 0 Å². The van der Waals surface area contributed by atoms with Crippen LogP contribution in [0, 0.1) is 5.41 Å². The molecule has 0 aromatic carbocycles. The summed E-state index contributed by atoms with van der Waals surface area (Å²) in [6.45, 7) is 5.75. The van der Waals surface area contributed by atoms with Crippen molar-refractivity contribution in [2.24, 2.45) is 5.41 Å². The minimum Gasteiger partial charge on any atom is -0.322 e. The van der Waals surface area contributed by atoms with Crippen molar-refractivity contribution in [1.82, 2.24) is 19.7 Å². The highest BCUT2D eigenvalue weighted by atomic mass is 16.2. The lowest BCUT2D eigenvalue weighted by atomic mass is 9.85. The molecule has 2 aromatic rings. The van der Waals surface area contributed by atoms with Crippen LogP contribution in [-0.4, -0.2) is 44.7 Å². The Morgan fingerprint density at radius 1 is 1.35 bits per heavy atom. The van der Waals surface area contributed by atoms with E-state index in [1.165, 1.54) is 4.68 Å². The number of carbonyl (C=O) groups excluding carboxylic acids is 2. The molecular formula is C16H17N5O2. The summed E-state index contributed by atoms with van der Waals surface area (Å²) in [5.74, 6) is 0.530. The maximum atomic E-state index is 12.4. The number of hydrogen-bond donors (Lipinski definition) is 1. The standard InChI is InChI=1S/C16H17N5O2/c1-16(2)8-20(9-16)15(23)21-7-10(6-18-21)11-3-4-17-14-12(11)5-13(22)19-14/h3-4,6-7H,5,8-9H2,1-2H3,(H,17,19,22). The molecule has 2 amide bonds. The molecule has 2 aliphatic heterocycles. The van der Waals surface area contributed by atoms with Crippen molar-refractivity contribution >= 4 is 17.8 Å². The van der Waals surface area contributed by atoms with E-state index < -0.39 is 0 Å². The van der Waals surface area contributed by atoms with Crippen LogP contribution >= 0.6 is 0 Å². The summed E-state index contributed by atoms with van der Waals surface area (Å²) in [6.07, 6.45) is 5.32. The van der Waals surface area contributed by atoms with Crippen LogP contribution in [0.15, 0.2) is 24.7 Å². The van der Waals surface area contributed by atoms with Crippen molar-refractivity contribution in [3.8, 4) is 11.1 Å². The first-order valence-electron chi connectivity index (χ1n) is 7.55. The van der Waals surface area contributed by atoms with Crippen molar-refractivity contribution in [2.45, 2.75) is 20.3 Å². The number of hydrogen-bond acceptors (Lipinski definition) is 4. The first-order chi connectivity index (χ1) is 10.9. The summed E-state index contributed by atoms with van der Waals surface area (Å²) < 4.78 is 1.36. The molecule has 23 heavy (non-hydrogen) atoms. The van der Waals surface area contributed by atoms with E-state index in [2.05, 4.69) is 29.2 Å². The molecule has 2 aliphatic rings. The lowest BCUT2D eigenvalue weighted by Crippen LogP contribution is -2.56. The molecule has 7 nitrogen and oxygen atoms in total. The zero-order valence-corrected chi connectivity index (χ0v) is 13.0. The molecule has 0 bridgehead atoms. The third-order valence-corrected chi connectivity index (χ3v) is 4.25. The van der Waals surface area contributed by atoms with Gasteiger partial charge in [-0.25, -0.2) is 9.78 Å². The Hall–Kier alpha value is -2.70. The molecule has 4 heterocycles. The van der Waals surface area contributed by atoms with Gasteiger partial charge in [-0.05, 0) is 11.6 Å². The van der Waals surface area contributed by atoms with Crippen LogP contribution in [0.2, 0.25) is 0 Å². The number of rotatable bonds is 1. The van der Waals surface area contributed by atoms with E-state index in [0.29, 0.717) is 12.2 Å². The van der Waals surface area contributed by atoms with Gasteiger partial charge in [0.2, 0.25) is 5.91 Å². The van der Waals surface area contributed by atoms with Crippen LogP contribution in [0.1, 0.15) is 19.4 Å². The van der Waals surface area contributed by atoms with E-state index in [-0.39, 0.29) is 17.4 Å². The second-order valence-corrected chi connectivity index (χ2v) is 6.89. The number of aromatic nitrogens is 3. The van der Waals surface area contributed by atoms with E-state index in [1.807, 2.05) is 6.07 Å². The molecule has 0 radical (unpaired) electrons. The van der Waals surface area contributed by atoms with Crippen LogP contribution in [0.5, 0.6) is 0 Å². The number of likely N-dealkylation sites (tertiary alicyclic amines) is 1. The monoisotopic (exact) mass is 311 g/mol. The van der Waals surface area contributed by atoms with Gasteiger partial charge in [-0.15, -0.1) is 0 Å². The highest BCUT2D eigenvalue weighted by Gasteiger charge is 2.38. The normalized spacial score (nSPS) is 18.3. The molecule has 0 unspecified atom stereocenters. The predicted molar refractivity (Wildman–Crippen MR) is 83.9 cm³/mol. The SMILES string of the molecule is CC1(C)CN(C(=O)n2cc(-c3ccnc4c3CC(=O)N4)cn2)C1. The van der Waals surface area contributed by atoms with Crippen molar-refractivity contribution in [3.63, 3.8) is 0 Å². The Kier molecular flexibility index (Phi) is 2.81. The maximum absolute atomic E-state index is 12.4. The van der Waals surface area contributed by atoms with E-state index in [1.54, 1.807) is 23.5 Å². The summed E-state index contributed by atoms with van der Waals surface area (Å²) >= 11 is 0. The lowest BCUT2D eigenvalue weighted by molar-refractivity contribution is -0.115. The van der Waals surface area contributed by atoms with Gasteiger partial charge in [0.1, 0.15) is 5.82 Å². The number of carbonyl (C=O) groups is 2. The summed E-state index contributed by atoms with van der Waals surface area (Å²) in [6, 6.07) is 1.73. The van der Waals surface area contributed by atoms with Gasteiger partial charge >= 0.3 is 6.03 Å². The van der Waals surface area contributed by atoms with Gasteiger partial charge < -0.3 is 10.2 Å². The molecule has 1 N–H and O–H groups in total. The molecule has 7 heteroatoms. The fourth-order valence-electron chi connectivity index (χ4n) is 3.22. The van der Waals surface area contributed by atoms with Gasteiger partial charge in [-0.1, -0.05) is 13.8 Å². The Morgan fingerprint density at radius 3 is 2.87 bits per heavy atom. The molecule has 2 aromatic heterocycles. The van der Waals surface area contributed by atoms with Gasteiger partial charge in [-0.3, -0.25) is 4.79 Å². The summed E-state index contributed by atoms with van der Waals surface area (Å²) in [4.78, 5) is 29.9. The highest BCUT2D eigenvalue weighted by molar-refractivity contribution is 6.00. The van der Waals surface area contributed by atoms with Crippen LogP contribution in [0.4, 0.5) is 10.6 Å². The highest BCUT2D eigenvalue weighted by Crippen LogP contribution is 2.32. The molecule has 0 atom stereocenters. The van der Waals surface area contributed by atoms with Crippen molar-refractivity contribution in [3.05, 3.63) is 30.2 Å². The third kappa shape index (κ3) is 2.28. The Labute approximate surface area is 133 Å². The molecular weight excluding hydrogens is 294 g/mol. The largest absolute Gasteiger partial charge is 0.344 e. The lowest BCUT2D eigenvalue weighted by Gasteiger charge is -2.45. The topological polar surface area (TPSA) is 80.1 Å². The number of nitrogens with one attached hydrogen (secondary N) is 1. The maximum Gasteiger partial charge on any atom is 0.344 e. The molecule has 1 saturated heterocycles. The van der Waals surface area contributed by atoms with Gasteiger partial charge in [0.15, 0.2) is 0 Å². The van der Waals surface area contributed by atoms with Crippen molar-refractivity contribution < 1.29 is 9.59 Å². The van der Waals surface area contributed by atoms with Crippen LogP contribution in [0.25, 0.3) is 11.1 Å². The smallest absolute Gasteiger partial charge is 0.322 e. The van der Waals surface area contributed by atoms with E-state index in [4.69, 9.17) is 0 Å². The van der Waals surface area contributed by atoms with E-state index >= 15 is 0 Å². The van der Waals surface area contributed by atoms with Crippen LogP contribution < -0.4 is 5.32 Å². The molecule has 1 fully saturated rings. The first kappa shape index (κ1) is 13.9. The Bertz CT molecular complexity index is 816. The molecule has 0 aliphatic carbocycles. The predicted octanol–water partition coefficient (Wildman–Crippen LogP) is 1.75. The number of nitrogens with zero attached hydrogens (tertiary/aromatic N) is 4. The van der Waals surface area contributed by atoms with Gasteiger partial charge in [-0.2, -0.15) is 9.78 Å². The average Bonchev–Trinajstić information content (AvgIpc) is 3.08. The number of pyridine rings is 1. The summed E-state index contributed by atoms with van der Waals surface area (Å²) in [5, 5.41) is 6.92. The van der Waals surface area contributed by atoms with E-state index in [0.717, 1.165) is 29.8 Å². The second-order valence-electron chi connectivity index (χ2n) is 6.89. The minimum absolute atomic E-state index is 0.0637. The van der Waals surface area contributed by atoms with E-state index in [9.17, 15) is 9.59 Å². The fourth-order valence-corrected chi connectivity index (χ4v) is 3.22. The summed E-state index contributed by atoms with van der Waals surface area (Å²) in [7, 11) is 0. The number of amides is 2. The average molecular weight is 311 g/mol. The van der Waals surface area contributed by atoms with Gasteiger partial charge in [0, 0.05) is 42.0 Å². The molecule has 4 rings (SSSR count). The quantitative estimate of drug-likeness (QED) is 0.870. The molecule has 0 spiro atoms. The molecule has 118 valence electrons. The summed E-state index contributed by atoms with van der Waals surface area (Å²) in [5.41, 5.74) is 2.74. The minimum atomic E-state index is -0.115. The number of anilines is 1. The second kappa shape index (κ2) is 4.65. The fraction of sp³-hybridized carbons (Fsp3) is 0.375. The van der Waals surface area contributed by atoms with Gasteiger partial charge in [0.05, 0.1) is 12.6 Å². The van der Waals surface area contributed by atoms with Crippen LogP contribution in [0.3, 0.4) is 0 Å². The third-order valence-electron chi connectivity index (χ3n) is 4.25. The van der Waals surface area contributed by atoms with Crippen LogP contribution in [-0.2, 0) is 11.2 Å². The van der Waals surface area contributed by atoms with Crippen molar-refractivity contribution in [2.75, 3.05) is 18.4 Å².